The number of anilines is 4. The van der Waals surface area contributed by atoms with Gasteiger partial charge < -0.3 is 15.0 Å². The minimum atomic E-state index is -0.0847. The van der Waals surface area contributed by atoms with E-state index in [0.29, 0.717) is 0 Å². The normalized spacial score (nSPS) is 17.9. The molecule has 148 valence electrons. The third-order valence-corrected chi connectivity index (χ3v) is 6.48. The summed E-state index contributed by atoms with van der Waals surface area (Å²) >= 11 is 0. The number of allylic oxidation sites excluding steroid dienone is 3. The van der Waals surface area contributed by atoms with Gasteiger partial charge in [0.2, 0.25) is 0 Å². The van der Waals surface area contributed by atoms with Crippen LogP contribution in [0.4, 0.5) is 22.7 Å². The zero-order valence-corrected chi connectivity index (χ0v) is 17.3. The summed E-state index contributed by atoms with van der Waals surface area (Å²) in [6.07, 6.45) is 6.39. The molecule has 0 fully saturated rings. The number of rotatable bonds is 1. The highest BCUT2D eigenvalue weighted by atomic mass is 16.5. The van der Waals surface area contributed by atoms with E-state index in [9.17, 15) is 0 Å². The zero-order chi connectivity index (χ0) is 20.3. The van der Waals surface area contributed by atoms with Gasteiger partial charge in [-0.2, -0.15) is 0 Å². The summed E-state index contributed by atoms with van der Waals surface area (Å²) in [5.41, 5.74) is 8.32. The number of hydrogen-bond donors (Lipinski definition) is 1. The molecule has 3 aromatic rings. The van der Waals surface area contributed by atoms with E-state index in [4.69, 9.17) is 4.74 Å². The lowest BCUT2D eigenvalue weighted by molar-refractivity contribution is 0.388. The first kappa shape index (κ1) is 17.4. The lowest BCUT2D eigenvalue weighted by atomic mass is 9.74. The molecular weight excluding hydrogens is 368 g/mol. The topological polar surface area (TPSA) is 24.5 Å². The van der Waals surface area contributed by atoms with Crippen LogP contribution in [0.2, 0.25) is 0 Å². The fourth-order valence-electron chi connectivity index (χ4n) is 4.93. The molecule has 1 aliphatic carbocycles. The monoisotopic (exact) mass is 392 g/mol. The van der Waals surface area contributed by atoms with Crippen molar-refractivity contribution in [3.8, 4) is 5.75 Å². The van der Waals surface area contributed by atoms with Gasteiger partial charge in [0.05, 0.1) is 11.4 Å². The second kappa shape index (κ2) is 6.27. The Hall–Kier alpha value is -3.46. The van der Waals surface area contributed by atoms with Crippen molar-refractivity contribution in [2.45, 2.75) is 32.1 Å². The summed E-state index contributed by atoms with van der Waals surface area (Å²) < 4.78 is 6.26. The second-order valence-electron chi connectivity index (χ2n) is 8.68. The van der Waals surface area contributed by atoms with E-state index in [0.717, 1.165) is 41.4 Å². The summed E-state index contributed by atoms with van der Waals surface area (Å²) in [5, 5.41) is 3.63. The standard InChI is InChI=1S/C27H24N2O/c1-27(2)19-9-3-4-10-21(19)28-22-16-15-18(17-20(22)27)29-23-11-5-7-13-25(23)30-26-14-8-6-12-24(26)29/h3-7,9-13,15-17,28H,8,14H2,1-2H3. The van der Waals surface area contributed by atoms with Crippen molar-refractivity contribution >= 4 is 22.7 Å². The van der Waals surface area contributed by atoms with E-state index in [1.807, 2.05) is 6.07 Å². The smallest absolute Gasteiger partial charge is 0.151 e. The molecule has 0 radical (unpaired) electrons. The van der Waals surface area contributed by atoms with E-state index in [2.05, 4.69) is 96.9 Å². The van der Waals surface area contributed by atoms with Gasteiger partial charge in [0.15, 0.2) is 5.75 Å². The van der Waals surface area contributed by atoms with E-state index >= 15 is 0 Å². The molecule has 0 amide bonds. The Labute approximate surface area is 177 Å². The molecule has 0 saturated heterocycles. The maximum absolute atomic E-state index is 6.26. The molecule has 30 heavy (non-hydrogen) atoms. The molecule has 6 rings (SSSR count). The van der Waals surface area contributed by atoms with Crippen LogP contribution in [0.25, 0.3) is 0 Å². The van der Waals surface area contributed by atoms with Crippen LogP contribution in [0, 0.1) is 0 Å². The molecule has 2 aliphatic heterocycles. The predicted octanol–water partition coefficient (Wildman–Crippen LogP) is 7.16. The molecule has 0 atom stereocenters. The highest BCUT2D eigenvalue weighted by Crippen LogP contribution is 2.49. The summed E-state index contributed by atoms with van der Waals surface area (Å²) in [4.78, 5) is 2.35. The second-order valence-corrected chi connectivity index (χ2v) is 8.68. The average molecular weight is 393 g/mol. The molecule has 1 N–H and O–H groups in total. The van der Waals surface area contributed by atoms with Gasteiger partial charge in [0, 0.05) is 28.9 Å². The number of hydrogen-bond acceptors (Lipinski definition) is 3. The van der Waals surface area contributed by atoms with Crippen molar-refractivity contribution in [1.29, 1.82) is 0 Å². The third kappa shape index (κ3) is 2.45. The SMILES string of the molecule is CC1(C)c2ccccc2Nc2ccc(N3C4=C(CCC=C4)Oc4ccccc43)cc21. The molecule has 2 heterocycles. The van der Waals surface area contributed by atoms with Crippen molar-refractivity contribution in [3.63, 3.8) is 0 Å². The molecule has 3 heteroatoms. The fraction of sp³-hybridized carbons (Fsp3) is 0.185. The summed E-state index contributed by atoms with van der Waals surface area (Å²) in [5.74, 6) is 1.98. The van der Waals surface area contributed by atoms with Crippen LogP contribution >= 0.6 is 0 Å². The first-order valence-corrected chi connectivity index (χ1v) is 10.6. The summed E-state index contributed by atoms with van der Waals surface area (Å²) in [7, 11) is 0. The van der Waals surface area contributed by atoms with Gasteiger partial charge in [-0.25, -0.2) is 0 Å². The molecule has 0 unspecified atom stereocenters. The van der Waals surface area contributed by atoms with Crippen molar-refractivity contribution < 1.29 is 4.74 Å². The van der Waals surface area contributed by atoms with E-state index < -0.39 is 0 Å². The molecule has 3 aromatic carbocycles. The quantitative estimate of drug-likeness (QED) is 0.475. The molecule has 0 saturated carbocycles. The van der Waals surface area contributed by atoms with Crippen molar-refractivity contribution in [2.24, 2.45) is 0 Å². The zero-order valence-electron chi connectivity index (χ0n) is 17.3. The lowest BCUT2D eigenvalue weighted by Crippen LogP contribution is -2.28. The Bertz CT molecular complexity index is 1240. The Morgan fingerprint density at radius 2 is 1.70 bits per heavy atom. The van der Waals surface area contributed by atoms with Gasteiger partial charge in [-0.3, -0.25) is 0 Å². The average Bonchev–Trinajstić information content (AvgIpc) is 2.77. The lowest BCUT2D eigenvalue weighted by Gasteiger charge is -2.38. The van der Waals surface area contributed by atoms with Crippen LogP contribution in [0.3, 0.4) is 0 Å². The van der Waals surface area contributed by atoms with Crippen molar-refractivity contribution in [1.82, 2.24) is 0 Å². The first-order valence-electron chi connectivity index (χ1n) is 10.6. The molecule has 3 nitrogen and oxygen atoms in total. The predicted molar refractivity (Wildman–Crippen MR) is 123 cm³/mol. The summed E-state index contributed by atoms with van der Waals surface area (Å²) in [6, 6.07) is 23.7. The highest BCUT2D eigenvalue weighted by Gasteiger charge is 2.34. The van der Waals surface area contributed by atoms with Gasteiger partial charge in [-0.05, 0) is 60.0 Å². The van der Waals surface area contributed by atoms with Crippen LogP contribution < -0.4 is 15.0 Å². The number of benzene rings is 3. The number of para-hydroxylation sites is 3. The Balaban J connectivity index is 1.53. The van der Waals surface area contributed by atoms with Crippen LogP contribution in [0.5, 0.6) is 5.75 Å². The fourth-order valence-corrected chi connectivity index (χ4v) is 4.93. The molecule has 0 aromatic heterocycles. The minimum absolute atomic E-state index is 0.0847. The van der Waals surface area contributed by atoms with Crippen LogP contribution in [-0.4, -0.2) is 0 Å². The van der Waals surface area contributed by atoms with E-state index in [-0.39, 0.29) is 5.41 Å². The highest BCUT2D eigenvalue weighted by molar-refractivity contribution is 5.82. The van der Waals surface area contributed by atoms with E-state index in [1.165, 1.54) is 22.5 Å². The first-order chi connectivity index (χ1) is 14.6. The molecule has 3 aliphatic rings. The number of nitrogens with one attached hydrogen (secondary N) is 1. The number of ether oxygens (including phenoxy) is 1. The molecular formula is C27H24N2O. The third-order valence-electron chi connectivity index (χ3n) is 6.48. The number of fused-ring (bicyclic) bond motifs is 3. The van der Waals surface area contributed by atoms with Crippen molar-refractivity contribution in [3.05, 3.63) is 101 Å². The van der Waals surface area contributed by atoms with Gasteiger partial charge in [-0.1, -0.05) is 50.3 Å². The maximum atomic E-state index is 6.26. The van der Waals surface area contributed by atoms with Gasteiger partial charge in [-0.15, -0.1) is 0 Å². The van der Waals surface area contributed by atoms with Gasteiger partial charge >= 0.3 is 0 Å². The maximum Gasteiger partial charge on any atom is 0.151 e. The van der Waals surface area contributed by atoms with Crippen LogP contribution in [0.1, 0.15) is 37.8 Å². The van der Waals surface area contributed by atoms with Crippen LogP contribution in [0.15, 0.2) is 90.3 Å². The van der Waals surface area contributed by atoms with E-state index in [1.54, 1.807) is 0 Å². The Kier molecular flexibility index (Phi) is 3.64. The minimum Gasteiger partial charge on any atom is -0.457 e. The van der Waals surface area contributed by atoms with Crippen LogP contribution in [-0.2, 0) is 5.41 Å². The van der Waals surface area contributed by atoms with Crippen molar-refractivity contribution in [2.75, 3.05) is 10.2 Å². The Morgan fingerprint density at radius 1 is 0.900 bits per heavy atom. The largest absolute Gasteiger partial charge is 0.457 e. The van der Waals surface area contributed by atoms with Gasteiger partial charge in [0.25, 0.3) is 0 Å². The molecule has 0 bridgehead atoms. The summed E-state index contributed by atoms with van der Waals surface area (Å²) in [6.45, 7) is 4.63. The number of nitrogens with zero attached hydrogens (tertiary/aromatic N) is 1. The molecule has 0 spiro atoms. The van der Waals surface area contributed by atoms with Gasteiger partial charge in [0.1, 0.15) is 5.76 Å². The Morgan fingerprint density at radius 3 is 2.63 bits per heavy atom.